The lowest BCUT2D eigenvalue weighted by Crippen LogP contribution is -2.40. The van der Waals surface area contributed by atoms with Crippen LogP contribution in [0.25, 0.3) is 0 Å². The second-order valence-corrected chi connectivity index (χ2v) is 4.21. The Morgan fingerprint density at radius 3 is 2.73 bits per heavy atom. The van der Waals surface area contributed by atoms with Gasteiger partial charge in [0.25, 0.3) is 0 Å². The van der Waals surface area contributed by atoms with E-state index in [1.54, 1.807) is 0 Å². The molecular weight excluding hydrogens is 190 g/mol. The predicted molar refractivity (Wildman–Crippen MR) is 56.7 cm³/mol. The van der Waals surface area contributed by atoms with Crippen LogP contribution >= 0.6 is 0 Å². The van der Waals surface area contributed by atoms with Crippen LogP contribution < -0.4 is 16.2 Å². The number of hydrogen-bond donors (Lipinski definition) is 4. The highest BCUT2D eigenvalue weighted by Gasteiger charge is 2.45. The topological polar surface area (TPSA) is 56.3 Å². The van der Waals surface area contributed by atoms with Crippen LogP contribution in [0.5, 0.6) is 0 Å². The zero-order valence-electron chi connectivity index (χ0n) is 8.35. The van der Waals surface area contributed by atoms with Crippen LogP contribution in [0.3, 0.4) is 0 Å². The van der Waals surface area contributed by atoms with E-state index >= 15 is 0 Å². The van der Waals surface area contributed by atoms with Crippen LogP contribution in [0.15, 0.2) is 30.3 Å². The molecule has 2 aliphatic rings. The van der Waals surface area contributed by atoms with Crippen molar-refractivity contribution in [3.63, 3.8) is 0 Å². The highest BCUT2D eigenvalue weighted by molar-refractivity contribution is 5.24. The van der Waals surface area contributed by atoms with Crippen LogP contribution in [-0.2, 0) is 0 Å². The Kier molecular flexibility index (Phi) is 2.21. The van der Waals surface area contributed by atoms with Crippen LogP contribution in [0.1, 0.15) is 11.5 Å². The Balaban J connectivity index is 1.88. The third-order valence-corrected chi connectivity index (χ3v) is 3.39. The molecule has 3 rings (SSSR count). The van der Waals surface area contributed by atoms with Gasteiger partial charge < -0.3 is 5.11 Å². The average molecular weight is 205 g/mol. The maximum Gasteiger partial charge on any atom is 0.123 e. The molecule has 4 N–H and O–H groups in total. The second kappa shape index (κ2) is 3.57. The molecule has 2 aliphatic heterocycles. The van der Waals surface area contributed by atoms with Gasteiger partial charge in [0.1, 0.15) is 6.23 Å². The molecule has 4 nitrogen and oxygen atoms in total. The normalized spacial score (nSPS) is 39.3. The predicted octanol–water partition coefficient (Wildman–Crippen LogP) is -0.258. The van der Waals surface area contributed by atoms with Crippen LogP contribution in [0, 0.1) is 5.92 Å². The summed E-state index contributed by atoms with van der Waals surface area (Å²) in [5.74, 6) is 0.598. The molecule has 0 saturated carbocycles. The molecule has 80 valence electrons. The van der Waals surface area contributed by atoms with Crippen LogP contribution in [-0.4, -0.2) is 24.0 Å². The zero-order chi connectivity index (χ0) is 10.3. The Morgan fingerprint density at radius 2 is 1.93 bits per heavy atom. The van der Waals surface area contributed by atoms with Gasteiger partial charge in [-0.3, -0.25) is 5.32 Å². The van der Waals surface area contributed by atoms with Gasteiger partial charge in [0.15, 0.2) is 0 Å². The summed E-state index contributed by atoms with van der Waals surface area (Å²) in [5.41, 5.74) is 7.21. The van der Waals surface area contributed by atoms with Crippen molar-refractivity contribution in [1.82, 2.24) is 16.2 Å². The van der Waals surface area contributed by atoms with Crippen molar-refractivity contribution in [3.05, 3.63) is 35.9 Å². The summed E-state index contributed by atoms with van der Waals surface area (Å²) in [6.45, 7) is 0.922. The molecule has 15 heavy (non-hydrogen) atoms. The fourth-order valence-electron chi connectivity index (χ4n) is 2.62. The van der Waals surface area contributed by atoms with Gasteiger partial charge >= 0.3 is 0 Å². The van der Waals surface area contributed by atoms with Crippen molar-refractivity contribution in [2.24, 2.45) is 5.92 Å². The van der Waals surface area contributed by atoms with Crippen molar-refractivity contribution in [2.75, 3.05) is 6.54 Å². The molecule has 0 spiro atoms. The quantitative estimate of drug-likeness (QED) is 0.510. The van der Waals surface area contributed by atoms with Gasteiger partial charge in [-0.05, 0) is 5.56 Å². The van der Waals surface area contributed by atoms with E-state index in [9.17, 15) is 5.11 Å². The SMILES string of the molecule is OC1NNC2NCC(c3ccccc3)C12. The molecule has 0 aliphatic carbocycles. The third-order valence-electron chi connectivity index (χ3n) is 3.39. The summed E-state index contributed by atoms with van der Waals surface area (Å²) in [6, 6.07) is 10.4. The van der Waals surface area contributed by atoms with Gasteiger partial charge in [-0.15, -0.1) is 0 Å². The number of hydrazine groups is 1. The molecular formula is C11H15N3O. The first-order chi connectivity index (χ1) is 7.36. The van der Waals surface area contributed by atoms with E-state index in [1.165, 1.54) is 5.56 Å². The Labute approximate surface area is 88.7 Å². The largest absolute Gasteiger partial charge is 0.377 e. The minimum atomic E-state index is -0.463. The van der Waals surface area contributed by atoms with Gasteiger partial charge in [0, 0.05) is 18.4 Å². The van der Waals surface area contributed by atoms with Gasteiger partial charge in [-0.25, -0.2) is 10.9 Å². The number of hydrogen-bond acceptors (Lipinski definition) is 4. The fraction of sp³-hybridized carbons (Fsp3) is 0.455. The fourth-order valence-corrected chi connectivity index (χ4v) is 2.62. The van der Waals surface area contributed by atoms with Gasteiger partial charge in [-0.2, -0.15) is 0 Å². The Bertz CT molecular complexity index is 343. The zero-order valence-corrected chi connectivity index (χ0v) is 8.35. The van der Waals surface area contributed by atoms with E-state index in [-0.39, 0.29) is 12.1 Å². The van der Waals surface area contributed by atoms with Crippen molar-refractivity contribution in [1.29, 1.82) is 0 Å². The summed E-state index contributed by atoms with van der Waals surface area (Å²) in [4.78, 5) is 0. The molecule has 2 heterocycles. The van der Waals surface area contributed by atoms with E-state index in [4.69, 9.17) is 0 Å². The first-order valence-corrected chi connectivity index (χ1v) is 5.34. The number of rotatable bonds is 1. The summed E-state index contributed by atoms with van der Waals surface area (Å²) in [7, 11) is 0. The Hall–Kier alpha value is -0.940. The molecule has 2 saturated heterocycles. The molecule has 0 radical (unpaired) electrons. The van der Waals surface area contributed by atoms with Gasteiger partial charge in [-0.1, -0.05) is 30.3 Å². The van der Waals surface area contributed by atoms with Gasteiger partial charge in [0.05, 0.1) is 6.17 Å². The van der Waals surface area contributed by atoms with E-state index in [0.717, 1.165) is 6.54 Å². The standard InChI is InChI=1S/C11H15N3O/c15-11-9-8(6-12-10(9)13-14-11)7-4-2-1-3-5-7/h1-5,8-15H,6H2. The molecule has 4 atom stereocenters. The summed E-state index contributed by atoms with van der Waals surface area (Å²) in [6.07, 6.45) is -0.277. The van der Waals surface area contributed by atoms with E-state index in [0.29, 0.717) is 5.92 Å². The first kappa shape index (κ1) is 9.30. The molecule has 0 amide bonds. The highest BCUT2D eigenvalue weighted by Crippen LogP contribution is 2.34. The van der Waals surface area contributed by atoms with Crippen LogP contribution in [0.4, 0.5) is 0 Å². The average Bonchev–Trinajstić information content (AvgIpc) is 2.84. The van der Waals surface area contributed by atoms with Crippen molar-refractivity contribution >= 4 is 0 Å². The highest BCUT2D eigenvalue weighted by atomic mass is 16.3. The monoisotopic (exact) mass is 205 g/mol. The number of benzene rings is 1. The summed E-state index contributed by atoms with van der Waals surface area (Å²) in [5, 5.41) is 13.2. The molecule has 1 aromatic rings. The van der Waals surface area contributed by atoms with Crippen molar-refractivity contribution in [2.45, 2.75) is 18.3 Å². The lowest BCUT2D eigenvalue weighted by atomic mass is 9.87. The molecule has 4 heteroatoms. The molecule has 4 unspecified atom stereocenters. The minimum Gasteiger partial charge on any atom is -0.377 e. The maximum atomic E-state index is 9.82. The summed E-state index contributed by atoms with van der Waals surface area (Å²) < 4.78 is 0. The van der Waals surface area contributed by atoms with Crippen molar-refractivity contribution in [3.8, 4) is 0 Å². The molecule has 1 aromatic carbocycles. The van der Waals surface area contributed by atoms with E-state index in [1.807, 2.05) is 18.2 Å². The number of fused-ring (bicyclic) bond motifs is 1. The lowest BCUT2D eigenvalue weighted by molar-refractivity contribution is 0.102. The summed E-state index contributed by atoms with van der Waals surface area (Å²) >= 11 is 0. The Morgan fingerprint density at radius 1 is 1.13 bits per heavy atom. The maximum absolute atomic E-state index is 9.82. The minimum absolute atomic E-state index is 0.185. The van der Waals surface area contributed by atoms with E-state index < -0.39 is 6.23 Å². The van der Waals surface area contributed by atoms with Gasteiger partial charge in [0.2, 0.25) is 0 Å². The molecule has 2 fully saturated rings. The third kappa shape index (κ3) is 1.46. The number of nitrogens with one attached hydrogen (secondary N) is 3. The first-order valence-electron chi connectivity index (χ1n) is 5.34. The van der Waals surface area contributed by atoms with Crippen LogP contribution in [0.2, 0.25) is 0 Å². The van der Waals surface area contributed by atoms with Crippen molar-refractivity contribution < 1.29 is 5.11 Å². The lowest BCUT2D eigenvalue weighted by Gasteiger charge is -2.19. The molecule has 0 aromatic heterocycles. The number of aliphatic hydroxyl groups excluding tert-OH is 1. The van der Waals surface area contributed by atoms with E-state index in [2.05, 4.69) is 28.3 Å². The smallest absolute Gasteiger partial charge is 0.123 e. The molecule has 0 bridgehead atoms. The number of aliphatic hydroxyl groups is 1. The second-order valence-electron chi connectivity index (χ2n) is 4.21.